The SMILES string of the molecule is CN=C(NCc1cnn(-c2ccc(Cl)cc2)c1)N1CCC(CN2CCOCC2)C1.I. The van der Waals surface area contributed by atoms with Crippen molar-refractivity contribution in [3.63, 3.8) is 0 Å². The van der Waals surface area contributed by atoms with Gasteiger partial charge in [0, 0.05) is 63.1 Å². The molecule has 164 valence electrons. The quantitative estimate of drug-likeness (QED) is 0.356. The molecule has 3 heterocycles. The third-order valence-electron chi connectivity index (χ3n) is 5.60. The van der Waals surface area contributed by atoms with Crippen molar-refractivity contribution in [3.8, 4) is 5.69 Å². The summed E-state index contributed by atoms with van der Waals surface area (Å²) in [5.74, 6) is 1.66. The fourth-order valence-electron chi connectivity index (χ4n) is 4.02. The number of benzene rings is 1. The number of hydrogen-bond acceptors (Lipinski definition) is 4. The molecule has 1 N–H and O–H groups in total. The Hall–Kier alpha value is -1.36. The molecule has 2 fully saturated rings. The van der Waals surface area contributed by atoms with Gasteiger partial charge in [0.15, 0.2) is 5.96 Å². The summed E-state index contributed by atoms with van der Waals surface area (Å²) in [6.45, 7) is 7.81. The van der Waals surface area contributed by atoms with E-state index >= 15 is 0 Å². The summed E-state index contributed by atoms with van der Waals surface area (Å²) in [6, 6.07) is 7.67. The molecule has 1 aromatic carbocycles. The second-order valence-electron chi connectivity index (χ2n) is 7.68. The molecule has 2 aliphatic heterocycles. The average molecular weight is 545 g/mol. The van der Waals surface area contributed by atoms with Gasteiger partial charge in [-0.3, -0.25) is 9.89 Å². The molecule has 4 rings (SSSR count). The van der Waals surface area contributed by atoms with Crippen LogP contribution in [0.15, 0.2) is 41.7 Å². The largest absolute Gasteiger partial charge is 0.379 e. The highest BCUT2D eigenvalue weighted by Gasteiger charge is 2.27. The van der Waals surface area contributed by atoms with Gasteiger partial charge >= 0.3 is 0 Å². The molecule has 7 nitrogen and oxygen atoms in total. The Labute approximate surface area is 200 Å². The first-order chi connectivity index (χ1) is 14.2. The summed E-state index contributed by atoms with van der Waals surface area (Å²) >= 11 is 5.97. The predicted octanol–water partition coefficient (Wildman–Crippen LogP) is 2.87. The summed E-state index contributed by atoms with van der Waals surface area (Å²) in [4.78, 5) is 9.39. The summed E-state index contributed by atoms with van der Waals surface area (Å²) in [6.07, 6.45) is 5.14. The van der Waals surface area contributed by atoms with Crippen LogP contribution in [-0.4, -0.2) is 78.5 Å². The summed E-state index contributed by atoms with van der Waals surface area (Å²) in [5.41, 5.74) is 2.11. The fraction of sp³-hybridized carbons (Fsp3) is 0.524. The minimum atomic E-state index is 0. The highest BCUT2D eigenvalue weighted by molar-refractivity contribution is 14.0. The molecule has 30 heavy (non-hydrogen) atoms. The summed E-state index contributed by atoms with van der Waals surface area (Å²) in [5, 5.41) is 8.68. The van der Waals surface area contributed by atoms with Crippen LogP contribution in [0.1, 0.15) is 12.0 Å². The minimum Gasteiger partial charge on any atom is -0.379 e. The predicted molar refractivity (Wildman–Crippen MR) is 131 cm³/mol. The number of nitrogens with one attached hydrogen (secondary N) is 1. The summed E-state index contributed by atoms with van der Waals surface area (Å²) < 4.78 is 7.32. The van der Waals surface area contributed by atoms with Gasteiger partial charge in [-0.1, -0.05) is 11.6 Å². The van der Waals surface area contributed by atoms with E-state index in [1.165, 1.54) is 6.42 Å². The van der Waals surface area contributed by atoms with Crippen LogP contribution in [0.3, 0.4) is 0 Å². The first-order valence-corrected chi connectivity index (χ1v) is 10.6. The van der Waals surface area contributed by atoms with Crippen molar-refractivity contribution in [2.75, 3.05) is 53.0 Å². The fourth-order valence-corrected chi connectivity index (χ4v) is 4.15. The Balaban J connectivity index is 0.00000256. The molecular formula is C21H30ClIN6O. The number of hydrogen-bond donors (Lipinski definition) is 1. The molecule has 1 atom stereocenters. The highest BCUT2D eigenvalue weighted by atomic mass is 127. The number of rotatable bonds is 5. The molecule has 2 aromatic rings. The number of halogens is 2. The number of ether oxygens (including phenoxy) is 1. The van der Waals surface area contributed by atoms with E-state index in [2.05, 4.69) is 25.2 Å². The molecule has 0 aliphatic carbocycles. The third kappa shape index (κ3) is 6.09. The van der Waals surface area contributed by atoms with E-state index in [4.69, 9.17) is 16.3 Å². The second kappa shape index (κ2) is 11.3. The molecule has 1 unspecified atom stereocenters. The third-order valence-corrected chi connectivity index (χ3v) is 5.85. The van der Waals surface area contributed by atoms with Gasteiger partial charge in [0.05, 0.1) is 25.1 Å². The number of aliphatic imine (C=N–C) groups is 1. The van der Waals surface area contributed by atoms with Crippen LogP contribution in [0.5, 0.6) is 0 Å². The van der Waals surface area contributed by atoms with E-state index in [1.807, 2.05) is 48.4 Å². The Morgan fingerprint density at radius 1 is 1.23 bits per heavy atom. The van der Waals surface area contributed by atoms with E-state index < -0.39 is 0 Å². The zero-order chi connectivity index (χ0) is 20.1. The number of likely N-dealkylation sites (tertiary alicyclic amines) is 1. The molecule has 0 spiro atoms. The lowest BCUT2D eigenvalue weighted by Gasteiger charge is -2.29. The molecule has 1 aromatic heterocycles. The van der Waals surface area contributed by atoms with Gasteiger partial charge in [-0.15, -0.1) is 24.0 Å². The zero-order valence-electron chi connectivity index (χ0n) is 17.3. The van der Waals surface area contributed by atoms with Crippen molar-refractivity contribution in [2.24, 2.45) is 10.9 Å². The molecule has 2 saturated heterocycles. The first-order valence-electron chi connectivity index (χ1n) is 10.3. The van der Waals surface area contributed by atoms with Gasteiger partial charge in [0.25, 0.3) is 0 Å². The summed E-state index contributed by atoms with van der Waals surface area (Å²) in [7, 11) is 1.86. The monoisotopic (exact) mass is 544 g/mol. The van der Waals surface area contributed by atoms with Gasteiger partial charge in [0.2, 0.25) is 0 Å². The van der Waals surface area contributed by atoms with E-state index in [9.17, 15) is 0 Å². The lowest BCUT2D eigenvalue weighted by Crippen LogP contribution is -2.42. The molecule has 0 saturated carbocycles. The van der Waals surface area contributed by atoms with Crippen molar-refractivity contribution in [1.82, 2.24) is 24.9 Å². The Morgan fingerprint density at radius 2 is 2.00 bits per heavy atom. The van der Waals surface area contributed by atoms with E-state index in [0.717, 1.165) is 68.2 Å². The second-order valence-corrected chi connectivity index (χ2v) is 8.12. The van der Waals surface area contributed by atoms with Gasteiger partial charge in [0.1, 0.15) is 0 Å². The highest BCUT2D eigenvalue weighted by Crippen LogP contribution is 2.18. The van der Waals surface area contributed by atoms with Crippen LogP contribution in [-0.2, 0) is 11.3 Å². The number of morpholine rings is 1. The number of guanidine groups is 1. The molecule has 9 heteroatoms. The number of aromatic nitrogens is 2. The molecular weight excluding hydrogens is 515 g/mol. The van der Waals surface area contributed by atoms with Crippen molar-refractivity contribution < 1.29 is 4.74 Å². The van der Waals surface area contributed by atoms with Gasteiger partial charge in [-0.2, -0.15) is 5.10 Å². The van der Waals surface area contributed by atoms with Gasteiger partial charge < -0.3 is 15.0 Å². The van der Waals surface area contributed by atoms with Gasteiger partial charge in [-0.25, -0.2) is 4.68 Å². The van der Waals surface area contributed by atoms with Crippen molar-refractivity contribution in [3.05, 3.63) is 47.2 Å². The van der Waals surface area contributed by atoms with E-state index in [1.54, 1.807) is 0 Å². The molecule has 0 amide bonds. The van der Waals surface area contributed by atoms with Crippen LogP contribution in [0.2, 0.25) is 5.02 Å². The molecule has 0 bridgehead atoms. The standard InChI is InChI=1S/C21H29ClN6O.HI/c1-23-21(27-7-6-17(15-27)14-26-8-10-29-11-9-26)24-12-18-13-25-28(16-18)20-4-2-19(22)3-5-20;/h2-5,13,16-17H,6-12,14-15H2,1H3,(H,23,24);1H. The minimum absolute atomic E-state index is 0. The van der Waals surface area contributed by atoms with E-state index in [-0.39, 0.29) is 24.0 Å². The van der Waals surface area contributed by atoms with E-state index in [0.29, 0.717) is 12.5 Å². The van der Waals surface area contributed by atoms with Crippen LogP contribution in [0, 0.1) is 5.92 Å². The smallest absolute Gasteiger partial charge is 0.193 e. The number of nitrogens with zero attached hydrogens (tertiary/aromatic N) is 5. The molecule has 2 aliphatic rings. The molecule has 0 radical (unpaired) electrons. The Morgan fingerprint density at radius 3 is 2.73 bits per heavy atom. The topological polar surface area (TPSA) is 57.9 Å². The maximum Gasteiger partial charge on any atom is 0.193 e. The Bertz CT molecular complexity index is 821. The van der Waals surface area contributed by atoms with Crippen molar-refractivity contribution in [2.45, 2.75) is 13.0 Å². The van der Waals surface area contributed by atoms with Crippen molar-refractivity contribution >= 4 is 41.5 Å². The van der Waals surface area contributed by atoms with Crippen LogP contribution in [0.4, 0.5) is 0 Å². The maximum absolute atomic E-state index is 5.97. The van der Waals surface area contributed by atoms with Crippen molar-refractivity contribution in [1.29, 1.82) is 0 Å². The zero-order valence-corrected chi connectivity index (χ0v) is 20.4. The Kier molecular flexibility index (Phi) is 8.79. The maximum atomic E-state index is 5.97. The lowest BCUT2D eigenvalue weighted by molar-refractivity contribution is 0.0315. The van der Waals surface area contributed by atoms with Crippen LogP contribution in [0.25, 0.3) is 5.69 Å². The first kappa shape index (κ1) is 23.3. The van der Waals surface area contributed by atoms with Crippen LogP contribution < -0.4 is 5.32 Å². The van der Waals surface area contributed by atoms with Gasteiger partial charge in [-0.05, 0) is 36.6 Å². The van der Waals surface area contributed by atoms with Crippen LogP contribution >= 0.6 is 35.6 Å². The lowest BCUT2D eigenvalue weighted by atomic mass is 10.1. The average Bonchev–Trinajstić information content (AvgIpc) is 3.40. The normalized spacial score (nSPS) is 20.3.